The van der Waals surface area contributed by atoms with Gasteiger partial charge in [0.25, 0.3) is 10.0 Å². The summed E-state index contributed by atoms with van der Waals surface area (Å²) in [4.78, 5) is 1.10. The number of ether oxygens (including phenoxy) is 1. The van der Waals surface area contributed by atoms with Crippen LogP contribution in [0.15, 0.2) is 40.6 Å². The number of sulfonamides is 1. The van der Waals surface area contributed by atoms with Crippen LogP contribution in [0.4, 0.5) is 5.69 Å². The van der Waals surface area contributed by atoms with Gasteiger partial charge in [-0.15, -0.1) is 11.3 Å². The molecule has 1 aromatic carbocycles. The van der Waals surface area contributed by atoms with Gasteiger partial charge in [-0.25, -0.2) is 8.42 Å². The first-order valence-corrected chi connectivity index (χ1v) is 8.21. The van der Waals surface area contributed by atoms with E-state index in [0.717, 1.165) is 4.88 Å². The molecule has 0 radical (unpaired) electrons. The highest BCUT2D eigenvalue weighted by molar-refractivity contribution is 7.93. The molecule has 0 aliphatic heterocycles. The van der Waals surface area contributed by atoms with E-state index in [1.54, 1.807) is 42.8 Å². The number of nitrogens with zero attached hydrogens (tertiary/aromatic N) is 1. The minimum absolute atomic E-state index is 0.265. The third-order valence-corrected chi connectivity index (χ3v) is 5.80. The van der Waals surface area contributed by atoms with Crippen molar-refractivity contribution in [1.29, 1.82) is 0 Å². The number of nitrogens with two attached hydrogens (primary N) is 1. The Kier molecular flexibility index (Phi) is 4.32. The van der Waals surface area contributed by atoms with Gasteiger partial charge >= 0.3 is 0 Å². The van der Waals surface area contributed by atoms with E-state index in [4.69, 9.17) is 10.5 Å². The quantitative estimate of drug-likeness (QED) is 0.917. The first-order valence-electron chi connectivity index (χ1n) is 5.89. The summed E-state index contributed by atoms with van der Waals surface area (Å²) in [6, 6.07) is 8.46. The predicted octanol–water partition coefficient (Wildman–Crippen LogP) is 2.04. The number of thiophene rings is 1. The Bertz CT molecular complexity index is 678. The first kappa shape index (κ1) is 14.8. The molecular weight excluding hydrogens is 296 g/mol. The van der Waals surface area contributed by atoms with Crippen molar-refractivity contribution in [2.45, 2.75) is 11.4 Å². The summed E-state index contributed by atoms with van der Waals surface area (Å²) in [5, 5.41) is 1.61. The maximum atomic E-state index is 12.5. The molecule has 20 heavy (non-hydrogen) atoms. The molecule has 1 aromatic heterocycles. The lowest BCUT2D eigenvalue weighted by Crippen LogP contribution is -2.26. The zero-order valence-corrected chi connectivity index (χ0v) is 12.9. The highest BCUT2D eigenvalue weighted by atomic mass is 32.2. The molecule has 0 saturated carbocycles. The van der Waals surface area contributed by atoms with Crippen LogP contribution in [0, 0.1) is 0 Å². The molecule has 0 bridgehead atoms. The molecule has 1 heterocycles. The highest BCUT2D eigenvalue weighted by Crippen LogP contribution is 2.26. The fraction of sp³-hybridized carbons (Fsp3) is 0.231. The molecule has 0 atom stereocenters. The van der Waals surface area contributed by atoms with Crippen LogP contribution in [0.5, 0.6) is 5.75 Å². The molecule has 7 heteroatoms. The predicted molar refractivity (Wildman–Crippen MR) is 80.8 cm³/mol. The smallest absolute Gasteiger partial charge is 0.264 e. The van der Waals surface area contributed by atoms with Gasteiger partial charge in [0.05, 0.1) is 17.7 Å². The van der Waals surface area contributed by atoms with Crippen LogP contribution in [0.1, 0.15) is 4.88 Å². The number of benzene rings is 1. The summed E-state index contributed by atoms with van der Waals surface area (Å²) in [6.45, 7) is 0.340. The second-order valence-electron chi connectivity index (χ2n) is 4.12. The van der Waals surface area contributed by atoms with Gasteiger partial charge in [-0.1, -0.05) is 0 Å². The lowest BCUT2D eigenvalue weighted by Gasteiger charge is -2.18. The number of methoxy groups -OCH3 is 1. The summed E-state index contributed by atoms with van der Waals surface area (Å²) < 4.78 is 31.3. The Hall–Kier alpha value is -1.57. The minimum Gasteiger partial charge on any atom is -0.497 e. The highest BCUT2D eigenvalue weighted by Gasteiger charge is 2.22. The van der Waals surface area contributed by atoms with E-state index in [9.17, 15) is 8.42 Å². The Labute approximate surface area is 122 Å². The molecule has 0 fully saturated rings. The van der Waals surface area contributed by atoms with Crippen LogP contribution in [0.25, 0.3) is 0 Å². The molecule has 0 aliphatic carbocycles. The Morgan fingerprint density at radius 3 is 2.45 bits per heavy atom. The van der Waals surface area contributed by atoms with Crippen LogP contribution >= 0.6 is 11.3 Å². The van der Waals surface area contributed by atoms with Crippen molar-refractivity contribution in [1.82, 2.24) is 0 Å². The van der Waals surface area contributed by atoms with E-state index in [1.807, 2.05) is 0 Å². The molecular formula is C13H16N2O3S2. The average molecular weight is 312 g/mol. The molecule has 0 aliphatic rings. The van der Waals surface area contributed by atoms with Gasteiger partial charge in [0.15, 0.2) is 0 Å². The van der Waals surface area contributed by atoms with Gasteiger partial charge in [-0.2, -0.15) is 0 Å². The van der Waals surface area contributed by atoms with Crippen molar-refractivity contribution in [2.24, 2.45) is 5.73 Å². The van der Waals surface area contributed by atoms with E-state index in [1.165, 1.54) is 22.7 Å². The number of anilines is 1. The molecule has 0 unspecified atom stereocenters. The topological polar surface area (TPSA) is 72.6 Å². The SMILES string of the molecule is COc1ccc(N(C)S(=O)(=O)c2csc(CN)c2)cc1. The standard InChI is InChI=1S/C13H16N2O3S2/c1-15(10-3-5-11(18-2)6-4-10)20(16,17)13-7-12(8-14)19-9-13/h3-7,9H,8,14H2,1-2H3. The number of rotatable bonds is 5. The zero-order valence-electron chi connectivity index (χ0n) is 11.2. The van der Waals surface area contributed by atoms with Gasteiger partial charge in [0, 0.05) is 23.8 Å². The van der Waals surface area contributed by atoms with Crippen LogP contribution in [-0.2, 0) is 16.6 Å². The summed E-state index contributed by atoms with van der Waals surface area (Å²) >= 11 is 1.34. The Balaban J connectivity index is 2.32. The third kappa shape index (κ3) is 2.79. The normalized spacial score (nSPS) is 11.3. The van der Waals surface area contributed by atoms with Gasteiger partial charge in [-0.05, 0) is 30.3 Å². The van der Waals surface area contributed by atoms with E-state index < -0.39 is 10.0 Å². The van der Waals surface area contributed by atoms with Gasteiger partial charge < -0.3 is 10.5 Å². The van der Waals surface area contributed by atoms with Crippen LogP contribution in [-0.4, -0.2) is 22.6 Å². The summed E-state index contributed by atoms with van der Waals surface area (Å²) in [5.41, 5.74) is 6.09. The van der Waals surface area contributed by atoms with Crippen LogP contribution in [0.3, 0.4) is 0 Å². The Morgan fingerprint density at radius 1 is 1.30 bits per heavy atom. The monoisotopic (exact) mass is 312 g/mol. The zero-order chi connectivity index (χ0) is 14.8. The van der Waals surface area contributed by atoms with Crippen LogP contribution in [0.2, 0.25) is 0 Å². The summed E-state index contributed by atoms with van der Waals surface area (Å²) in [6.07, 6.45) is 0. The molecule has 2 rings (SSSR count). The molecule has 0 amide bonds. The molecule has 0 spiro atoms. The van der Waals surface area contributed by atoms with Gasteiger partial charge in [-0.3, -0.25) is 4.31 Å². The van der Waals surface area contributed by atoms with Crippen molar-refractivity contribution >= 4 is 27.0 Å². The van der Waals surface area contributed by atoms with E-state index in [0.29, 0.717) is 18.0 Å². The lowest BCUT2D eigenvalue weighted by atomic mass is 10.3. The maximum absolute atomic E-state index is 12.5. The average Bonchev–Trinajstić information content (AvgIpc) is 2.96. The maximum Gasteiger partial charge on any atom is 0.264 e. The number of hydrogen-bond acceptors (Lipinski definition) is 5. The molecule has 2 aromatic rings. The van der Waals surface area contributed by atoms with Crippen molar-refractivity contribution in [3.8, 4) is 5.75 Å². The van der Waals surface area contributed by atoms with E-state index in [2.05, 4.69) is 0 Å². The molecule has 5 nitrogen and oxygen atoms in total. The fourth-order valence-corrected chi connectivity index (χ4v) is 4.03. The van der Waals surface area contributed by atoms with E-state index in [-0.39, 0.29) is 4.90 Å². The molecule has 108 valence electrons. The second kappa shape index (κ2) is 5.82. The summed E-state index contributed by atoms with van der Waals surface area (Å²) in [5.74, 6) is 0.681. The van der Waals surface area contributed by atoms with Crippen LogP contribution < -0.4 is 14.8 Å². The second-order valence-corrected chi connectivity index (χ2v) is 7.09. The van der Waals surface area contributed by atoms with E-state index >= 15 is 0 Å². The van der Waals surface area contributed by atoms with Crippen molar-refractivity contribution < 1.29 is 13.2 Å². The largest absolute Gasteiger partial charge is 0.497 e. The molecule has 0 saturated heterocycles. The van der Waals surface area contributed by atoms with Gasteiger partial charge in [0.1, 0.15) is 5.75 Å². The minimum atomic E-state index is -3.55. The number of hydrogen-bond donors (Lipinski definition) is 1. The van der Waals surface area contributed by atoms with Crippen molar-refractivity contribution in [3.05, 3.63) is 40.6 Å². The lowest BCUT2D eigenvalue weighted by molar-refractivity contribution is 0.415. The Morgan fingerprint density at radius 2 is 1.95 bits per heavy atom. The third-order valence-electron chi connectivity index (χ3n) is 2.93. The summed E-state index contributed by atoms with van der Waals surface area (Å²) in [7, 11) is -0.464. The van der Waals surface area contributed by atoms with Gasteiger partial charge in [0.2, 0.25) is 0 Å². The molecule has 2 N–H and O–H groups in total. The van der Waals surface area contributed by atoms with Crippen molar-refractivity contribution in [2.75, 3.05) is 18.5 Å². The fourth-order valence-electron chi connectivity index (χ4n) is 1.69. The van der Waals surface area contributed by atoms with Crippen molar-refractivity contribution in [3.63, 3.8) is 0 Å². The first-order chi connectivity index (χ1) is 9.48.